The fourth-order valence-electron chi connectivity index (χ4n) is 4.17. The fourth-order valence-corrected chi connectivity index (χ4v) is 4.37. The lowest BCUT2D eigenvalue weighted by molar-refractivity contribution is 0.0595. The summed E-state index contributed by atoms with van der Waals surface area (Å²) in [7, 11) is 0. The van der Waals surface area contributed by atoms with E-state index in [9.17, 15) is 4.79 Å². The molecule has 1 aromatic carbocycles. The molecule has 30 heavy (non-hydrogen) atoms. The van der Waals surface area contributed by atoms with Crippen LogP contribution in [0.3, 0.4) is 0 Å². The number of hydrogen-bond donors (Lipinski definition) is 1. The number of anilines is 2. The maximum absolute atomic E-state index is 12.8. The van der Waals surface area contributed by atoms with Gasteiger partial charge in [0.2, 0.25) is 0 Å². The number of rotatable bonds is 5. The van der Waals surface area contributed by atoms with Crippen LogP contribution in [0.2, 0.25) is 5.02 Å². The van der Waals surface area contributed by atoms with Crippen molar-refractivity contribution in [3.8, 4) is 6.07 Å². The van der Waals surface area contributed by atoms with Gasteiger partial charge in [-0.3, -0.25) is 4.79 Å². The van der Waals surface area contributed by atoms with Crippen molar-refractivity contribution >= 4 is 23.0 Å². The average Bonchev–Trinajstić information content (AvgIpc) is 2.81. The monoisotopic (exact) mass is 427 g/mol. The van der Waals surface area contributed by atoms with Crippen LogP contribution in [0.4, 0.5) is 11.4 Å². The molecule has 1 N–H and O–H groups in total. The molecule has 8 heteroatoms. The van der Waals surface area contributed by atoms with E-state index in [-0.39, 0.29) is 16.6 Å². The van der Waals surface area contributed by atoms with Crippen molar-refractivity contribution < 1.29 is 4.74 Å². The van der Waals surface area contributed by atoms with Crippen molar-refractivity contribution in [2.45, 2.75) is 31.7 Å². The molecule has 0 spiro atoms. The summed E-state index contributed by atoms with van der Waals surface area (Å²) in [5.41, 5.74) is 2.11. The molecule has 2 aliphatic heterocycles. The van der Waals surface area contributed by atoms with E-state index in [1.54, 1.807) is 6.20 Å². The summed E-state index contributed by atoms with van der Waals surface area (Å²) in [6.07, 6.45) is 5.49. The second kappa shape index (κ2) is 9.50. The summed E-state index contributed by atoms with van der Waals surface area (Å²) < 4.78 is 7.04. The van der Waals surface area contributed by atoms with E-state index in [1.165, 1.54) is 4.68 Å². The van der Waals surface area contributed by atoms with Gasteiger partial charge in [-0.05, 0) is 55.9 Å². The van der Waals surface area contributed by atoms with E-state index in [2.05, 4.69) is 21.4 Å². The number of halogens is 1. The highest BCUT2D eigenvalue weighted by molar-refractivity contribution is 6.32. The summed E-state index contributed by atoms with van der Waals surface area (Å²) in [5, 5.41) is 16.8. The molecular weight excluding hydrogens is 402 g/mol. The Morgan fingerprint density at radius 3 is 2.67 bits per heavy atom. The van der Waals surface area contributed by atoms with Crippen LogP contribution < -0.4 is 15.8 Å². The molecule has 4 rings (SSSR count). The van der Waals surface area contributed by atoms with Crippen LogP contribution in [0, 0.1) is 17.2 Å². The molecule has 2 fully saturated rings. The van der Waals surface area contributed by atoms with Crippen molar-refractivity contribution in [1.82, 2.24) is 9.78 Å². The number of nitriles is 1. The molecule has 7 nitrogen and oxygen atoms in total. The zero-order chi connectivity index (χ0) is 20.9. The Morgan fingerprint density at radius 2 is 2.00 bits per heavy atom. The third-order valence-electron chi connectivity index (χ3n) is 5.95. The van der Waals surface area contributed by atoms with E-state index < -0.39 is 0 Å². The predicted octanol–water partition coefficient (Wildman–Crippen LogP) is 3.45. The quantitative estimate of drug-likeness (QED) is 0.786. The van der Waals surface area contributed by atoms with Gasteiger partial charge in [-0.15, -0.1) is 0 Å². The molecule has 1 atom stereocenters. The van der Waals surface area contributed by atoms with Gasteiger partial charge in [0.15, 0.2) is 0 Å². The lowest BCUT2D eigenvalue weighted by atomic mass is 10.0. The van der Waals surface area contributed by atoms with Gasteiger partial charge in [-0.1, -0.05) is 11.6 Å². The lowest BCUT2D eigenvalue weighted by Crippen LogP contribution is -2.38. The first-order chi connectivity index (χ1) is 14.7. The third kappa shape index (κ3) is 4.61. The normalized spacial score (nSPS) is 20.0. The highest BCUT2D eigenvalue weighted by Gasteiger charge is 2.24. The predicted molar refractivity (Wildman–Crippen MR) is 117 cm³/mol. The third-order valence-corrected chi connectivity index (χ3v) is 6.32. The second-order valence-electron chi connectivity index (χ2n) is 7.96. The molecule has 2 aliphatic rings. The topological polar surface area (TPSA) is 83.2 Å². The molecular formula is C22H26ClN5O2. The average molecular weight is 428 g/mol. The number of nitrogens with one attached hydrogen (secondary N) is 1. The van der Waals surface area contributed by atoms with Crippen LogP contribution in [0.25, 0.3) is 0 Å². The van der Waals surface area contributed by atoms with Gasteiger partial charge < -0.3 is 15.0 Å². The fraction of sp³-hybridized carbons (Fsp3) is 0.500. The smallest absolute Gasteiger partial charge is 0.287 e. The number of benzene rings is 1. The van der Waals surface area contributed by atoms with Gasteiger partial charge in [0.1, 0.15) is 5.02 Å². The summed E-state index contributed by atoms with van der Waals surface area (Å²) in [5.74, 6) is 0.434. The Hall–Kier alpha value is -2.56. The standard InChI is InChI=1S/C22H26ClN5O2/c23-21-20(25-13-17-2-1-11-30-15-17)14-26-28(22(21)29)19-7-9-27(10-8-19)18-5-3-16(12-24)4-6-18/h3-6,14,17,19,25H,1-2,7-11,13,15H2/t17-/m0/s1. The molecule has 0 aliphatic carbocycles. The molecule has 0 bridgehead atoms. The zero-order valence-electron chi connectivity index (χ0n) is 16.9. The largest absolute Gasteiger partial charge is 0.382 e. The number of ether oxygens (including phenoxy) is 1. The molecule has 2 aromatic rings. The molecule has 1 aromatic heterocycles. The van der Waals surface area contributed by atoms with E-state index in [4.69, 9.17) is 21.6 Å². The van der Waals surface area contributed by atoms with Crippen molar-refractivity contribution in [1.29, 1.82) is 5.26 Å². The number of nitrogens with zero attached hydrogens (tertiary/aromatic N) is 4. The van der Waals surface area contributed by atoms with Crippen LogP contribution in [0.5, 0.6) is 0 Å². The highest BCUT2D eigenvalue weighted by Crippen LogP contribution is 2.27. The Labute approximate surface area is 181 Å². The molecule has 0 radical (unpaired) electrons. The highest BCUT2D eigenvalue weighted by atomic mass is 35.5. The minimum absolute atomic E-state index is 0.0328. The Morgan fingerprint density at radius 1 is 1.23 bits per heavy atom. The van der Waals surface area contributed by atoms with Crippen molar-refractivity contribution in [2.75, 3.05) is 43.1 Å². The van der Waals surface area contributed by atoms with Crippen LogP contribution in [0.15, 0.2) is 35.3 Å². The van der Waals surface area contributed by atoms with Gasteiger partial charge in [-0.25, -0.2) is 4.68 Å². The summed E-state index contributed by atoms with van der Waals surface area (Å²) >= 11 is 6.38. The Balaban J connectivity index is 1.38. The maximum atomic E-state index is 12.8. The summed E-state index contributed by atoms with van der Waals surface area (Å²) in [4.78, 5) is 15.1. The molecule has 0 unspecified atom stereocenters. The summed E-state index contributed by atoms with van der Waals surface area (Å²) in [6.45, 7) is 3.95. The molecule has 0 saturated carbocycles. The minimum atomic E-state index is -0.238. The zero-order valence-corrected chi connectivity index (χ0v) is 17.6. The number of aromatic nitrogens is 2. The van der Waals surface area contributed by atoms with Gasteiger partial charge in [0.25, 0.3) is 5.56 Å². The van der Waals surface area contributed by atoms with Gasteiger partial charge in [-0.2, -0.15) is 10.4 Å². The van der Waals surface area contributed by atoms with Crippen molar-refractivity contribution in [3.05, 3.63) is 51.4 Å². The molecule has 158 valence electrons. The van der Waals surface area contributed by atoms with Gasteiger partial charge in [0, 0.05) is 31.9 Å². The SMILES string of the molecule is N#Cc1ccc(N2CCC(n3ncc(NC[C@@H]4CCCOC4)c(Cl)c3=O)CC2)cc1. The number of hydrogen-bond acceptors (Lipinski definition) is 6. The molecule has 3 heterocycles. The van der Waals surface area contributed by atoms with E-state index in [0.29, 0.717) is 17.2 Å². The second-order valence-corrected chi connectivity index (χ2v) is 8.34. The van der Waals surface area contributed by atoms with Gasteiger partial charge in [0.05, 0.1) is 36.2 Å². The first-order valence-corrected chi connectivity index (χ1v) is 10.9. The van der Waals surface area contributed by atoms with Crippen LogP contribution in [-0.4, -0.2) is 42.6 Å². The van der Waals surface area contributed by atoms with Crippen LogP contribution >= 0.6 is 11.6 Å². The Bertz CT molecular complexity index is 955. The lowest BCUT2D eigenvalue weighted by Gasteiger charge is -2.34. The first kappa shape index (κ1) is 20.7. The van der Waals surface area contributed by atoms with E-state index >= 15 is 0 Å². The van der Waals surface area contributed by atoms with E-state index in [0.717, 1.165) is 64.2 Å². The minimum Gasteiger partial charge on any atom is -0.382 e. The summed E-state index contributed by atoms with van der Waals surface area (Å²) in [6, 6.07) is 9.78. The van der Waals surface area contributed by atoms with Gasteiger partial charge >= 0.3 is 0 Å². The number of piperidine rings is 1. The maximum Gasteiger partial charge on any atom is 0.287 e. The van der Waals surface area contributed by atoms with E-state index in [1.807, 2.05) is 24.3 Å². The Kier molecular flexibility index (Phi) is 6.56. The molecule has 0 amide bonds. The van der Waals surface area contributed by atoms with Crippen LogP contribution in [0.1, 0.15) is 37.3 Å². The molecule has 2 saturated heterocycles. The first-order valence-electron chi connectivity index (χ1n) is 10.5. The van der Waals surface area contributed by atoms with Crippen molar-refractivity contribution in [3.63, 3.8) is 0 Å². The van der Waals surface area contributed by atoms with Crippen molar-refractivity contribution in [2.24, 2.45) is 5.92 Å². The van der Waals surface area contributed by atoms with Crippen LogP contribution in [-0.2, 0) is 4.74 Å².